The van der Waals surface area contributed by atoms with E-state index in [9.17, 15) is 12.8 Å². The van der Waals surface area contributed by atoms with Crippen molar-refractivity contribution < 1.29 is 17.5 Å². The second-order valence-corrected chi connectivity index (χ2v) is 6.78. The van der Waals surface area contributed by atoms with Gasteiger partial charge in [-0.2, -0.15) is 4.31 Å². The van der Waals surface area contributed by atoms with Crippen LogP contribution >= 0.6 is 0 Å². The molecule has 1 heterocycles. The molecule has 0 saturated carbocycles. The van der Waals surface area contributed by atoms with Crippen molar-refractivity contribution >= 4 is 10.0 Å². The third kappa shape index (κ3) is 3.30. The van der Waals surface area contributed by atoms with Crippen molar-refractivity contribution in [1.29, 1.82) is 0 Å². The van der Waals surface area contributed by atoms with Crippen LogP contribution in [-0.2, 0) is 10.0 Å². The lowest BCUT2D eigenvalue weighted by Crippen LogP contribution is -2.32. The highest BCUT2D eigenvalue weighted by atomic mass is 32.2. The zero-order valence-electron chi connectivity index (χ0n) is 11.6. The Hall–Kier alpha value is -1.14. The first kappa shape index (κ1) is 15.3. The van der Waals surface area contributed by atoms with Crippen LogP contribution in [0.1, 0.15) is 32.6 Å². The Kier molecular flexibility index (Phi) is 4.99. The topological polar surface area (TPSA) is 46.6 Å². The van der Waals surface area contributed by atoms with Crippen molar-refractivity contribution in [2.45, 2.75) is 37.5 Å². The molecule has 4 nitrogen and oxygen atoms in total. The summed E-state index contributed by atoms with van der Waals surface area (Å²) in [6, 6.07) is 3.84. The van der Waals surface area contributed by atoms with Gasteiger partial charge in [-0.25, -0.2) is 12.8 Å². The molecule has 1 aromatic rings. The van der Waals surface area contributed by atoms with Gasteiger partial charge in [-0.05, 0) is 38.0 Å². The minimum atomic E-state index is -3.60. The number of ether oxygens (including phenoxy) is 1. The first-order valence-corrected chi connectivity index (χ1v) is 8.42. The van der Waals surface area contributed by atoms with Crippen molar-refractivity contribution in [2.75, 3.05) is 19.7 Å². The largest absolute Gasteiger partial charge is 0.491 e. The first-order valence-electron chi connectivity index (χ1n) is 6.98. The maximum absolute atomic E-state index is 13.8. The maximum atomic E-state index is 13.8. The van der Waals surface area contributed by atoms with Crippen molar-refractivity contribution in [3.63, 3.8) is 0 Å². The zero-order valence-corrected chi connectivity index (χ0v) is 12.5. The van der Waals surface area contributed by atoms with Crippen LogP contribution in [0, 0.1) is 5.82 Å². The van der Waals surface area contributed by atoms with E-state index in [1.54, 1.807) is 6.92 Å². The van der Waals surface area contributed by atoms with Crippen LogP contribution in [0.2, 0.25) is 0 Å². The molecule has 20 heavy (non-hydrogen) atoms. The van der Waals surface area contributed by atoms with E-state index in [-0.39, 0.29) is 10.6 Å². The summed E-state index contributed by atoms with van der Waals surface area (Å²) < 4.78 is 45.3. The molecule has 2 rings (SSSR count). The van der Waals surface area contributed by atoms with Gasteiger partial charge in [-0.15, -0.1) is 0 Å². The van der Waals surface area contributed by atoms with Gasteiger partial charge >= 0.3 is 0 Å². The van der Waals surface area contributed by atoms with Gasteiger partial charge in [0.1, 0.15) is 0 Å². The second kappa shape index (κ2) is 6.54. The minimum Gasteiger partial charge on any atom is -0.491 e. The summed E-state index contributed by atoms with van der Waals surface area (Å²) in [7, 11) is -3.60. The Morgan fingerprint density at radius 2 is 1.85 bits per heavy atom. The molecule has 112 valence electrons. The molecule has 6 heteroatoms. The fourth-order valence-electron chi connectivity index (χ4n) is 2.35. The third-order valence-corrected chi connectivity index (χ3v) is 5.30. The average Bonchev–Trinajstić information content (AvgIpc) is 2.70. The summed E-state index contributed by atoms with van der Waals surface area (Å²) in [5.41, 5.74) is 0. The van der Waals surface area contributed by atoms with Crippen LogP contribution in [0.15, 0.2) is 23.1 Å². The molecule has 0 spiro atoms. The third-order valence-electron chi connectivity index (χ3n) is 3.41. The Labute approximate surface area is 119 Å². The minimum absolute atomic E-state index is 0.000327. The number of hydrogen-bond acceptors (Lipinski definition) is 3. The second-order valence-electron chi connectivity index (χ2n) is 4.84. The van der Waals surface area contributed by atoms with E-state index in [4.69, 9.17) is 4.74 Å². The number of nitrogens with zero attached hydrogens (tertiary/aromatic N) is 1. The van der Waals surface area contributed by atoms with E-state index >= 15 is 0 Å². The lowest BCUT2D eigenvalue weighted by atomic mass is 10.2. The summed E-state index contributed by atoms with van der Waals surface area (Å²) in [5.74, 6) is -0.551. The quantitative estimate of drug-likeness (QED) is 0.859. The fraction of sp³-hybridized carbons (Fsp3) is 0.571. The molecular formula is C14H20FNO3S. The summed E-state index contributed by atoms with van der Waals surface area (Å²) in [6.45, 7) is 3.12. The van der Waals surface area contributed by atoms with Gasteiger partial charge in [0.05, 0.1) is 11.5 Å². The average molecular weight is 301 g/mol. The Morgan fingerprint density at radius 3 is 2.40 bits per heavy atom. The first-order chi connectivity index (χ1) is 9.55. The van der Waals surface area contributed by atoms with Gasteiger partial charge in [0, 0.05) is 13.1 Å². The van der Waals surface area contributed by atoms with Crippen LogP contribution in [-0.4, -0.2) is 32.4 Å². The van der Waals surface area contributed by atoms with Gasteiger partial charge < -0.3 is 4.74 Å². The highest BCUT2D eigenvalue weighted by Crippen LogP contribution is 2.25. The molecule has 1 aliphatic rings. The lowest BCUT2D eigenvalue weighted by molar-refractivity contribution is 0.321. The van der Waals surface area contributed by atoms with Crippen molar-refractivity contribution in [2.24, 2.45) is 0 Å². The van der Waals surface area contributed by atoms with Crippen LogP contribution < -0.4 is 4.74 Å². The van der Waals surface area contributed by atoms with Gasteiger partial charge in [-0.3, -0.25) is 0 Å². The number of sulfonamides is 1. The molecule has 0 aromatic heterocycles. The Morgan fingerprint density at radius 1 is 1.20 bits per heavy atom. The van der Waals surface area contributed by atoms with Gasteiger partial charge in [0.25, 0.3) is 0 Å². The molecular weight excluding hydrogens is 281 g/mol. The monoisotopic (exact) mass is 301 g/mol. The predicted molar refractivity (Wildman–Crippen MR) is 74.8 cm³/mol. The summed E-state index contributed by atoms with van der Waals surface area (Å²) in [4.78, 5) is 0.000327. The standard InChI is InChI=1S/C14H20FNO3S/c1-2-19-14-8-7-12(11-13(14)15)20(17,18)16-9-5-3-4-6-10-16/h7-8,11H,2-6,9-10H2,1H3. The van der Waals surface area contributed by atoms with E-state index < -0.39 is 15.8 Å². The molecule has 0 unspecified atom stereocenters. The van der Waals surface area contributed by atoms with Crippen LogP contribution in [0.5, 0.6) is 5.75 Å². The van der Waals surface area contributed by atoms with Gasteiger partial charge in [0.2, 0.25) is 10.0 Å². The van der Waals surface area contributed by atoms with Crippen molar-refractivity contribution in [3.05, 3.63) is 24.0 Å². The number of benzene rings is 1. The number of halogens is 1. The summed E-state index contributed by atoms with van der Waals surface area (Å²) >= 11 is 0. The summed E-state index contributed by atoms with van der Waals surface area (Å²) in [5, 5.41) is 0. The molecule has 0 bridgehead atoms. The molecule has 0 radical (unpaired) electrons. The zero-order chi connectivity index (χ0) is 14.6. The Bertz CT molecular complexity index is 552. The highest BCUT2D eigenvalue weighted by Gasteiger charge is 2.26. The van der Waals surface area contributed by atoms with E-state index in [2.05, 4.69) is 0 Å². The van der Waals surface area contributed by atoms with E-state index in [0.717, 1.165) is 31.7 Å². The molecule has 0 amide bonds. The Balaban J connectivity index is 2.26. The SMILES string of the molecule is CCOc1ccc(S(=O)(=O)N2CCCCCC2)cc1F. The van der Waals surface area contributed by atoms with E-state index in [1.165, 1.54) is 16.4 Å². The van der Waals surface area contributed by atoms with E-state index in [1.807, 2.05) is 0 Å². The molecule has 0 N–H and O–H groups in total. The number of hydrogen-bond donors (Lipinski definition) is 0. The number of rotatable bonds is 4. The predicted octanol–water partition coefficient (Wildman–Crippen LogP) is 2.79. The highest BCUT2D eigenvalue weighted by molar-refractivity contribution is 7.89. The molecule has 1 aromatic carbocycles. The molecule has 1 aliphatic heterocycles. The lowest BCUT2D eigenvalue weighted by Gasteiger charge is -2.20. The maximum Gasteiger partial charge on any atom is 0.243 e. The summed E-state index contributed by atoms with van der Waals surface area (Å²) in [6.07, 6.45) is 3.81. The van der Waals surface area contributed by atoms with E-state index in [0.29, 0.717) is 19.7 Å². The van der Waals surface area contributed by atoms with Crippen LogP contribution in [0.3, 0.4) is 0 Å². The molecule has 0 aliphatic carbocycles. The van der Waals surface area contributed by atoms with Crippen molar-refractivity contribution in [3.8, 4) is 5.75 Å². The van der Waals surface area contributed by atoms with Crippen molar-refractivity contribution in [1.82, 2.24) is 4.31 Å². The molecule has 1 fully saturated rings. The van der Waals surface area contributed by atoms with Crippen LogP contribution in [0.25, 0.3) is 0 Å². The smallest absolute Gasteiger partial charge is 0.243 e. The fourth-order valence-corrected chi connectivity index (χ4v) is 3.88. The molecule has 0 atom stereocenters. The van der Waals surface area contributed by atoms with Crippen LogP contribution in [0.4, 0.5) is 4.39 Å². The van der Waals surface area contributed by atoms with Gasteiger partial charge in [-0.1, -0.05) is 12.8 Å². The van der Waals surface area contributed by atoms with Gasteiger partial charge in [0.15, 0.2) is 11.6 Å². The normalized spacial score (nSPS) is 17.7. The molecule has 1 saturated heterocycles.